The molecule has 4 aromatic rings. The van der Waals surface area contributed by atoms with Crippen molar-refractivity contribution in [1.82, 2.24) is 10.3 Å². The van der Waals surface area contributed by atoms with E-state index < -0.39 is 0 Å². The third-order valence-corrected chi connectivity index (χ3v) is 5.57. The van der Waals surface area contributed by atoms with Crippen LogP contribution in [0.3, 0.4) is 0 Å². The topological polar surface area (TPSA) is 80.3 Å². The van der Waals surface area contributed by atoms with Crippen LogP contribution in [-0.4, -0.2) is 28.6 Å². The van der Waals surface area contributed by atoms with Crippen molar-refractivity contribution in [2.45, 2.75) is 19.8 Å². The summed E-state index contributed by atoms with van der Waals surface area (Å²) in [5.74, 6) is -0.700. The van der Waals surface area contributed by atoms with Crippen molar-refractivity contribution in [1.29, 1.82) is 0 Å². The van der Waals surface area contributed by atoms with Crippen LogP contribution in [0, 0.1) is 0 Å². The molecule has 0 fully saturated rings. The Morgan fingerprint density at radius 2 is 1.66 bits per heavy atom. The van der Waals surface area contributed by atoms with Crippen molar-refractivity contribution in [2.24, 2.45) is 0 Å². The summed E-state index contributed by atoms with van der Waals surface area (Å²) in [7, 11) is 0. The molecule has 0 bridgehead atoms. The minimum Gasteiger partial charge on any atom is -0.462 e. The fraction of sp³-hybridized carbons (Fsp3) is 0.143. The highest BCUT2D eigenvalue weighted by molar-refractivity contribution is 7.80. The third-order valence-electron chi connectivity index (χ3n) is 5.37. The number of fused-ring (bicyclic) bond motifs is 1. The average molecular weight is 484 g/mol. The van der Waals surface area contributed by atoms with Crippen molar-refractivity contribution in [3.8, 4) is 11.3 Å². The quantitative estimate of drug-likeness (QED) is 0.191. The fourth-order valence-electron chi connectivity index (χ4n) is 3.54. The van der Waals surface area contributed by atoms with E-state index in [1.807, 2.05) is 61.5 Å². The van der Waals surface area contributed by atoms with Crippen LogP contribution < -0.4 is 10.6 Å². The van der Waals surface area contributed by atoms with Gasteiger partial charge in [-0.3, -0.25) is 10.1 Å². The molecule has 1 amide bonds. The Kier molecular flexibility index (Phi) is 7.80. The molecule has 176 valence electrons. The maximum atomic E-state index is 13.2. The van der Waals surface area contributed by atoms with Crippen LogP contribution in [0.25, 0.3) is 22.2 Å². The van der Waals surface area contributed by atoms with E-state index in [0.29, 0.717) is 29.1 Å². The van der Waals surface area contributed by atoms with Gasteiger partial charge in [0.25, 0.3) is 5.91 Å². The Morgan fingerprint density at radius 3 is 2.40 bits per heavy atom. The van der Waals surface area contributed by atoms with E-state index in [-0.39, 0.29) is 17.0 Å². The van der Waals surface area contributed by atoms with Gasteiger partial charge in [-0.05, 0) is 55.0 Å². The van der Waals surface area contributed by atoms with Gasteiger partial charge in [0.05, 0.1) is 28.9 Å². The van der Waals surface area contributed by atoms with Crippen LogP contribution in [0.1, 0.15) is 40.5 Å². The van der Waals surface area contributed by atoms with Crippen molar-refractivity contribution >= 4 is 45.8 Å². The van der Waals surface area contributed by atoms with Crippen LogP contribution in [0.2, 0.25) is 0 Å². The molecule has 0 atom stereocenters. The first-order valence-corrected chi connectivity index (χ1v) is 11.8. The van der Waals surface area contributed by atoms with Gasteiger partial charge in [0.15, 0.2) is 5.11 Å². The lowest BCUT2D eigenvalue weighted by atomic mass is 10.0. The molecule has 7 heteroatoms. The van der Waals surface area contributed by atoms with Gasteiger partial charge < -0.3 is 10.1 Å². The highest BCUT2D eigenvalue weighted by atomic mass is 32.1. The second-order valence-corrected chi connectivity index (χ2v) is 8.32. The second-order valence-electron chi connectivity index (χ2n) is 7.91. The molecule has 0 radical (unpaired) electrons. The highest BCUT2D eigenvalue weighted by Gasteiger charge is 2.15. The largest absolute Gasteiger partial charge is 0.462 e. The predicted molar refractivity (Wildman–Crippen MR) is 142 cm³/mol. The number of ether oxygens (including phenoxy) is 1. The summed E-state index contributed by atoms with van der Waals surface area (Å²) in [6, 6.07) is 25.7. The molecular formula is C28H25N3O3S. The van der Waals surface area contributed by atoms with Gasteiger partial charge in [-0.1, -0.05) is 61.9 Å². The number of nitrogens with one attached hydrogen (secondary N) is 2. The third kappa shape index (κ3) is 6.07. The SMILES string of the molecule is CCCCOC(=O)c1ccc(NC(=S)NC(=O)c2cc(-c3ccccc3)nc3ccccc23)cc1. The number of anilines is 1. The Balaban J connectivity index is 1.47. The lowest BCUT2D eigenvalue weighted by Crippen LogP contribution is -2.34. The molecule has 1 aromatic heterocycles. The van der Waals surface area contributed by atoms with E-state index in [1.165, 1.54) is 0 Å². The number of hydrogen-bond donors (Lipinski definition) is 2. The molecule has 0 aliphatic heterocycles. The van der Waals surface area contributed by atoms with Gasteiger partial charge in [-0.15, -0.1) is 0 Å². The lowest BCUT2D eigenvalue weighted by Gasteiger charge is -2.13. The molecule has 35 heavy (non-hydrogen) atoms. The number of benzene rings is 3. The number of aromatic nitrogens is 1. The van der Waals surface area contributed by atoms with Crippen LogP contribution in [0.5, 0.6) is 0 Å². The molecule has 0 aliphatic rings. The Bertz CT molecular complexity index is 1360. The van der Waals surface area contributed by atoms with Gasteiger partial charge in [0, 0.05) is 16.6 Å². The normalized spacial score (nSPS) is 10.5. The number of unbranched alkanes of at least 4 members (excludes halogenated alkanes) is 1. The zero-order valence-corrected chi connectivity index (χ0v) is 20.1. The lowest BCUT2D eigenvalue weighted by molar-refractivity contribution is 0.0499. The number of nitrogens with zero attached hydrogens (tertiary/aromatic N) is 1. The first-order valence-electron chi connectivity index (χ1n) is 11.4. The van der Waals surface area contributed by atoms with Crippen molar-refractivity contribution in [2.75, 3.05) is 11.9 Å². The number of amides is 1. The van der Waals surface area contributed by atoms with Crippen LogP contribution in [0.15, 0.2) is 84.9 Å². The Labute approximate surface area is 209 Å². The van der Waals surface area contributed by atoms with Gasteiger partial charge in [-0.2, -0.15) is 0 Å². The predicted octanol–water partition coefficient (Wildman–Crippen LogP) is 5.99. The van der Waals surface area contributed by atoms with Crippen molar-refractivity contribution in [3.05, 3.63) is 96.1 Å². The summed E-state index contributed by atoms with van der Waals surface area (Å²) in [5.41, 5.74) is 3.92. The van der Waals surface area contributed by atoms with Crippen molar-refractivity contribution in [3.63, 3.8) is 0 Å². The number of pyridine rings is 1. The summed E-state index contributed by atoms with van der Waals surface area (Å²) in [6.45, 7) is 2.44. The number of thiocarbonyl (C=S) groups is 1. The van der Waals surface area contributed by atoms with E-state index in [1.54, 1.807) is 30.3 Å². The molecule has 1 heterocycles. The van der Waals surface area contributed by atoms with E-state index in [9.17, 15) is 9.59 Å². The van der Waals surface area contributed by atoms with Crippen LogP contribution >= 0.6 is 12.2 Å². The summed E-state index contributed by atoms with van der Waals surface area (Å²) < 4.78 is 5.22. The zero-order chi connectivity index (χ0) is 24.6. The summed E-state index contributed by atoms with van der Waals surface area (Å²) in [4.78, 5) is 30.0. The monoisotopic (exact) mass is 483 g/mol. The van der Waals surface area contributed by atoms with E-state index in [2.05, 4.69) is 10.6 Å². The van der Waals surface area contributed by atoms with Gasteiger partial charge in [0.1, 0.15) is 0 Å². The first kappa shape index (κ1) is 24.0. The Morgan fingerprint density at radius 1 is 0.943 bits per heavy atom. The first-order chi connectivity index (χ1) is 17.0. The summed E-state index contributed by atoms with van der Waals surface area (Å²) >= 11 is 5.37. The molecule has 2 N–H and O–H groups in total. The molecule has 0 spiro atoms. The average Bonchev–Trinajstić information content (AvgIpc) is 2.89. The zero-order valence-electron chi connectivity index (χ0n) is 19.3. The number of carbonyl (C=O) groups is 2. The molecule has 0 saturated heterocycles. The number of hydrogen-bond acceptors (Lipinski definition) is 5. The maximum absolute atomic E-state index is 13.2. The fourth-order valence-corrected chi connectivity index (χ4v) is 3.75. The molecule has 4 rings (SSSR count). The minimum atomic E-state index is -0.361. The molecule has 0 unspecified atom stereocenters. The Hall–Kier alpha value is -4.10. The van der Waals surface area contributed by atoms with E-state index >= 15 is 0 Å². The standard InChI is InChI=1S/C28H25N3O3S/c1-2-3-17-34-27(33)20-13-15-21(16-14-20)29-28(35)31-26(32)23-18-25(19-9-5-4-6-10-19)30-24-12-8-7-11-22(23)24/h4-16,18H,2-3,17H2,1H3,(H2,29,31,32,35). The minimum absolute atomic E-state index is 0.149. The highest BCUT2D eigenvalue weighted by Crippen LogP contribution is 2.25. The smallest absolute Gasteiger partial charge is 0.338 e. The van der Waals surface area contributed by atoms with Crippen molar-refractivity contribution < 1.29 is 14.3 Å². The number of esters is 1. The van der Waals surface area contributed by atoms with Gasteiger partial charge in [0.2, 0.25) is 0 Å². The molecule has 3 aromatic carbocycles. The molecule has 0 aliphatic carbocycles. The number of para-hydroxylation sites is 1. The van der Waals surface area contributed by atoms with E-state index in [4.69, 9.17) is 21.9 Å². The van der Waals surface area contributed by atoms with E-state index in [0.717, 1.165) is 29.3 Å². The molecule has 6 nitrogen and oxygen atoms in total. The van der Waals surface area contributed by atoms with Gasteiger partial charge >= 0.3 is 5.97 Å². The molecule has 0 saturated carbocycles. The second kappa shape index (κ2) is 11.4. The summed E-state index contributed by atoms with van der Waals surface area (Å²) in [6.07, 6.45) is 1.79. The maximum Gasteiger partial charge on any atom is 0.338 e. The number of carbonyl (C=O) groups excluding carboxylic acids is 2. The van der Waals surface area contributed by atoms with Crippen LogP contribution in [0.4, 0.5) is 5.69 Å². The number of rotatable bonds is 7. The molecular weight excluding hydrogens is 458 g/mol. The van der Waals surface area contributed by atoms with Crippen LogP contribution in [-0.2, 0) is 4.74 Å². The summed E-state index contributed by atoms with van der Waals surface area (Å²) in [5, 5.41) is 6.62. The van der Waals surface area contributed by atoms with Gasteiger partial charge in [-0.25, -0.2) is 9.78 Å².